The molecule has 0 heterocycles. The SMILES string of the molecule is CCOP(=O)(COS(=O)(=O)c1c(C)cccc1SC)OCC. The van der Waals surface area contributed by atoms with Crippen LogP contribution in [0.5, 0.6) is 0 Å². The molecule has 6 nitrogen and oxygen atoms in total. The van der Waals surface area contributed by atoms with E-state index in [0.29, 0.717) is 10.5 Å². The lowest BCUT2D eigenvalue weighted by atomic mass is 10.2. The number of thioether (sulfide) groups is 1. The molecule has 0 spiro atoms. The highest BCUT2D eigenvalue weighted by Gasteiger charge is 2.30. The fourth-order valence-corrected chi connectivity index (χ4v) is 5.90. The summed E-state index contributed by atoms with van der Waals surface area (Å²) in [5.74, 6) is 0. The molecule has 0 aliphatic heterocycles. The molecule has 126 valence electrons. The Labute approximate surface area is 136 Å². The first-order chi connectivity index (χ1) is 10.3. The first-order valence-corrected chi connectivity index (χ1v) is 11.1. The van der Waals surface area contributed by atoms with E-state index < -0.39 is 24.1 Å². The van der Waals surface area contributed by atoms with Crippen molar-refractivity contribution < 1.29 is 26.2 Å². The van der Waals surface area contributed by atoms with Gasteiger partial charge in [-0.05, 0) is 38.7 Å². The molecule has 0 unspecified atom stereocenters. The highest BCUT2D eigenvalue weighted by molar-refractivity contribution is 7.99. The fraction of sp³-hybridized carbons (Fsp3) is 0.538. The van der Waals surface area contributed by atoms with Crippen LogP contribution in [0.1, 0.15) is 19.4 Å². The third kappa shape index (κ3) is 5.08. The monoisotopic (exact) mass is 368 g/mol. The van der Waals surface area contributed by atoms with Crippen LogP contribution in [0, 0.1) is 6.92 Å². The summed E-state index contributed by atoms with van der Waals surface area (Å²) in [6.07, 6.45) is 1.14. The molecule has 0 aliphatic rings. The zero-order valence-corrected chi connectivity index (χ0v) is 15.6. The van der Waals surface area contributed by atoms with Crippen LogP contribution in [-0.4, -0.2) is 34.2 Å². The zero-order valence-electron chi connectivity index (χ0n) is 13.1. The minimum Gasteiger partial charge on any atom is -0.307 e. The lowest BCUT2D eigenvalue weighted by Gasteiger charge is -2.17. The van der Waals surface area contributed by atoms with E-state index in [1.165, 1.54) is 11.8 Å². The minimum atomic E-state index is -4.06. The van der Waals surface area contributed by atoms with Crippen molar-refractivity contribution in [2.45, 2.75) is 30.6 Å². The van der Waals surface area contributed by atoms with Gasteiger partial charge in [0.25, 0.3) is 10.1 Å². The third-order valence-corrected chi connectivity index (χ3v) is 6.97. The number of hydrogen-bond donors (Lipinski definition) is 0. The molecule has 0 aliphatic carbocycles. The van der Waals surface area contributed by atoms with E-state index in [1.807, 2.05) is 0 Å². The molecular formula is C13H21O6PS2. The molecule has 0 bridgehead atoms. The van der Waals surface area contributed by atoms with E-state index in [0.717, 1.165) is 0 Å². The van der Waals surface area contributed by atoms with Crippen LogP contribution in [0.2, 0.25) is 0 Å². The van der Waals surface area contributed by atoms with Crippen LogP contribution >= 0.6 is 19.4 Å². The summed E-state index contributed by atoms with van der Waals surface area (Å²) < 4.78 is 52.1. The van der Waals surface area contributed by atoms with Gasteiger partial charge in [0.05, 0.1) is 13.2 Å². The van der Waals surface area contributed by atoms with E-state index >= 15 is 0 Å². The van der Waals surface area contributed by atoms with Crippen molar-refractivity contribution in [1.82, 2.24) is 0 Å². The van der Waals surface area contributed by atoms with Gasteiger partial charge >= 0.3 is 7.60 Å². The van der Waals surface area contributed by atoms with Crippen molar-refractivity contribution in [3.05, 3.63) is 23.8 Å². The van der Waals surface area contributed by atoms with Crippen molar-refractivity contribution in [2.75, 3.05) is 25.8 Å². The van der Waals surface area contributed by atoms with Gasteiger partial charge in [-0.15, -0.1) is 11.8 Å². The average molecular weight is 368 g/mol. The fourth-order valence-electron chi connectivity index (χ4n) is 1.80. The Kier molecular flexibility index (Phi) is 7.58. The Balaban J connectivity index is 3.04. The normalized spacial score (nSPS) is 12.5. The lowest BCUT2D eigenvalue weighted by molar-refractivity contribution is 0.198. The van der Waals surface area contributed by atoms with Gasteiger partial charge in [-0.25, -0.2) is 0 Å². The smallest absolute Gasteiger partial charge is 0.307 e. The number of rotatable bonds is 9. The van der Waals surface area contributed by atoms with Crippen LogP contribution in [-0.2, 0) is 27.9 Å². The highest BCUT2D eigenvalue weighted by atomic mass is 32.2. The molecule has 0 amide bonds. The largest absolute Gasteiger partial charge is 0.357 e. The predicted octanol–water partition coefficient (Wildman–Crippen LogP) is 3.65. The molecule has 1 rings (SSSR count). The molecular weight excluding hydrogens is 347 g/mol. The summed E-state index contributed by atoms with van der Waals surface area (Å²) in [6, 6.07) is 5.14. The van der Waals surface area contributed by atoms with Crippen LogP contribution < -0.4 is 0 Å². The van der Waals surface area contributed by atoms with Crippen molar-refractivity contribution in [1.29, 1.82) is 0 Å². The first-order valence-electron chi connectivity index (χ1n) is 6.70. The average Bonchev–Trinajstić information content (AvgIpc) is 2.45. The Bertz CT molecular complexity index is 634. The van der Waals surface area contributed by atoms with Gasteiger partial charge in [-0.3, -0.25) is 8.75 Å². The van der Waals surface area contributed by atoms with Crippen molar-refractivity contribution >= 4 is 29.5 Å². The van der Waals surface area contributed by atoms with E-state index in [2.05, 4.69) is 0 Å². The molecule has 1 aromatic rings. The quantitative estimate of drug-likeness (QED) is 0.374. The summed E-state index contributed by atoms with van der Waals surface area (Å²) in [5.41, 5.74) is 0.564. The molecule has 0 aromatic heterocycles. The first kappa shape index (κ1) is 19.7. The maximum Gasteiger partial charge on any atom is 0.357 e. The molecule has 22 heavy (non-hydrogen) atoms. The highest BCUT2D eigenvalue weighted by Crippen LogP contribution is 2.48. The second kappa shape index (κ2) is 8.47. The summed E-state index contributed by atoms with van der Waals surface area (Å²) in [4.78, 5) is 0.657. The molecule has 0 radical (unpaired) electrons. The van der Waals surface area contributed by atoms with E-state index in [-0.39, 0.29) is 18.1 Å². The van der Waals surface area contributed by atoms with Crippen LogP contribution in [0.4, 0.5) is 0 Å². The van der Waals surface area contributed by atoms with Gasteiger partial charge in [0, 0.05) is 4.90 Å². The molecule has 0 fully saturated rings. The topological polar surface area (TPSA) is 78.9 Å². The summed E-state index contributed by atoms with van der Waals surface area (Å²) in [6.45, 7) is 5.25. The number of aryl methyl sites for hydroxylation is 1. The summed E-state index contributed by atoms with van der Waals surface area (Å²) >= 11 is 1.30. The molecule has 9 heteroatoms. The van der Waals surface area contributed by atoms with Crippen LogP contribution in [0.3, 0.4) is 0 Å². The van der Waals surface area contributed by atoms with Gasteiger partial charge in [-0.1, -0.05) is 12.1 Å². The lowest BCUT2D eigenvalue weighted by Crippen LogP contribution is -2.12. The van der Waals surface area contributed by atoms with Crippen molar-refractivity contribution in [2.24, 2.45) is 0 Å². The van der Waals surface area contributed by atoms with Gasteiger partial charge in [0.2, 0.25) is 0 Å². The number of benzene rings is 1. The molecule has 0 saturated carbocycles. The standard InChI is InChI=1S/C13H21O6PS2/c1-5-17-20(14,18-6-2)10-19-22(15,16)13-11(3)8-7-9-12(13)21-4/h7-9H,5-6,10H2,1-4H3. The van der Waals surface area contributed by atoms with E-state index in [4.69, 9.17) is 13.2 Å². The van der Waals surface area contributed by atoms with E-state index in [1.54, 1.807) is 45.2 Å². The second-order valence-corrected chi connectivity index (χ2v) is 8.65. The number of hydrogen-bond acceptors (Lipinski definition) is 7. The van der Waals surface area contributed by atoms with Crippen molar-refractivity contribution in [3.8, 4) is 0 Å². The Hall–Kier alpha value is -0.370. The molecule has 1 aromatic carbocycles. The Morgan fingerprint density at radius 3 is 2.27 bits per heavy atom. The summed E-state index contributed by atoms with van der Waals surface area (Å²) in [5, 5.41) is 0. The minimum absolute atomic E-state index is 0.0852. The van der Waals surface area contributed by atoms with Crippen LogP contribution in [0.25, 0.3) is 0 Å². The molecule has 0 saturated heterocycles. The molecule has 0 atom stereocenters. The summed E-state index contributed by atoms with van der Waals surface area (Å²) in [7, 11) is -7.64. The van der Waals surface area contributed by atoms with Gasteiger partial charge in [0.15, 0.2) is 6.35 Å². The van der Waals surface area contributed by atoms with Gasteiger partial charge in [0.1, 0.15) is 4.90 Å². The molecule has 0 N–H and O–H groups in total. The van der Waals surface area contributed by atoms with Gasteiger partial charge < -0.3 is 9.05 Å². The zero-order chi connectivity index (χ0) is 16.8. The van der Waals surface area contributed by atoms with Crippen molar-refractivity contribution in [3.63, 3.8) is 0 Å². The second-order valence-electron chi connectivity index (χ2n) is 4.25. The van der Waals surface area contributed by atoms with Gasteiger partial charge in [-0.2, -0.15) is 8.42 Å². The van der Waals surface area contributed by atoms with E-state index in [9.17, 15) is 13.0 Å². The van der Waals surface area contributed by atoms with Crippen LogP contribution in [0.15, 0.2) is 28.0 Å². The Morgan fingerprint density at radius 2 is 1.77 bits per heavy atom. The maximum atomic E-state index is 12.4. The Morgan fingerprint density at radius 1 is 1.18 bits per heavy atom. The predicted molar refractivity (Wildman–Crippen MR) is 87.0 cm³/mol. The maximum absolute atomic E-state index is 12.4. The third-order valence-electron chi connectivity index (χ3n) is 2.66.